The Morgan fingerprint density at radius 3 is 2.11 bits per heavy atom. The zero-order chi connectivity index (χ0) is 33.3. The van der Waals surface area contributed by atoms with Gasteiger partial charge in [-0.2, -0.15) is 0 Å². The van der Waals surface area contributed by atoms with Crippen molar-refractivity contribution in [2.45, 2.75) is 57.1 Å². The number of nitrogens with one attached hydrogen (secondary N) is 2. The molecule has 246 valence electrons. The van der Waals surface area contributed by atoms with E-state index in [4.69, 9.17) is 14.2 Å². The van der Waals surface area contributed by atoms with Gasteiger partial charge in [0.05, 0.1) is 31.1 Å². The van der Waals surface area contributed by atoms with Crippen LogP contribution in [0.2, 0.25) is 0 Å². The summed E-state index contributed by atoms with van der Waals surface area (Å²) in [7, 11) is -1.16. The number of rotatable bonds is 13. The van der Waals surface area contributed by atoms with Gasteiger partial charge in [0.2, 0.25) is 10.0 Å². The fourth-order valence-electron chi connectivity index (χ4n) is 5.12. The van der Waals surface area contributed by atoms with E-state index in [9.17, 15) is 22.8 Å². The lowest BCUT2D eigenvalue weighted by atomic mass is 9.99. The molecule has 1 aliphatic rings. The average Bonchev–Trinajstić information content (AvgIpc) is 3.06. The summed E-state index contributed by atoms with van der Waals surface area (Å²) < 4.78 is 42.8. The molecular weight excluding hydrogens is 610 g/mol. The molecule has 0 spiro atoms. The highest BCUT2D eigenvalue weighted by atomic mass is 32.2. The van der Waals surface area contributed by atoms with Gasteiger partial charge in [-0.15, -0.1) is 0 Å². The summed E-state index contributed by atoms with van der Waals surface area (Å²) in [6.45, 7) is 2.31. The number of amides is 2. The zero-order valence-corrected chi connectivity index (χ0v) is 27.3. The summed E-state index contributed by atoms with van der Waals surface area (Å²) in [5.41, 5.74) is 1.91. The third-order valence-corrected chi connectivity index (χ3v) is 9.01. The number of benzene rings is 3. The minimum atomic E-state index is -3.74. The SMILES string of the molecule is COC(=O)[C@H](OC1CCCCO1)[C@H](Cc1ccccc1)NC(=O)c1cc(C(=O)N[C@H](C)c2ccccc2)cc(N(C)S(C)(=O)=O)c1. The molecule has 3 aromatic carbocycles. The highest BCUT2D eigenvalue weighted by molar-refractivity contribution is 7.92. The van der Waals surface area contributed by atoms with Gasteiger partial charge in [0.15, 0.2) is 12.4 Å². The van der Waals surface area contributed by atoms with Crippen molar-refractivity contribution in [3.8, 4) is 0 Å². The third-order valence-electron chi connectivity index (χ3n) is 7.80. The van der Waals surface area contributed by atoms with Gasteiger partial charge >= 0.3 is 5.97 Å². The number of carbonyl (C=O) groups is 3. The van der Waals surface area contributed by atoms with Crippen molar-refractivity contribution in [1.29, 1.82) is 0 Å². The van der Waals surface area contributed by atoms with Crippen LogP contribution in [0.1, 0.15) is 64.1 Å². The van der Waals surface area contributed by atoms with Gasteiger partial charge in [-0.3, -0.25) is 13.9 Å². The topological polar surface area (TPSA) is 140 Å². The normalized spacial score (nSPS) is 16.8. The molecule has 0 aromatic heterocycles. The summed E-state index contributed by atoms with van der Waals surface area (Å²) in [4.78, 5) is 40.5. The van der Waals surface area contributed by atoms with Gasteiger partial charge in [-0.05, 0) is 61.9 Å². The molecule has 1 aliphatic heterocycles. The number of sulfonamides is 1. The molecule has 1 unspecified atom stereocenters. The van der Waals surface area contributed by atoms with E-state index in [1.165, 1.54) is 32.4 Å². The van der Waals surface area contributed by atoms with E-state index in [1.807, 2.05) is 67.6 Å². The second kappa shape index (κ2) is 15.8. The van der Waals surface area contributed by atoms with Crippen LogP contribution in [0.3, 0.4) is 0 Å². The van der Waals surface area contributed by atoms with Crippen LogP contribution < -0.4 is 14.9 Å². The fraction of sp³-hybridized carbons (Fsp3) is 0.382. The molecule has 11 nitrogen and oxygen atoms in total. The smallest absolute Gasteiger partial charge is 0.337 e. The number of anilines is 1. The standard InChI is InChI=1S/C34H41N3O8S/c1-23(25-15-9-6-10-16-25)35-32(38)26-20-27(22-28(21-26)37(2)46(4,41)42)33(39)36-29(19-24-13-7-5-8-14-24)31(34(40)43-3)45-30-17-11-12-18-44-30/h5-10,13-16,20-23,29-31H,11-12,17-19H2,1-4H3,(H,35,38)(H,36,39)/t23-,29+,30?,31-/m1/s1. The molecule has 0 radical (unpaired) electrons. The van der Waals surface area contributed by atoms with Crippen LogP contribution in [0.25, 0.3) is 0 Å². The van der Waals surface area contributed by atoms with Crippen molar-refractivity contribution in [3.63, 3.8) is 0 Å². The largest absolute Gasteiger partial charge is 0.467 e. The van der Waals surface area contributed by atoms with Crippen LogP contribution in [0, 0.1) is 0 Å². The third kappa shape index (κ3) is 9.38. The van der Waals surface area contributed by atoms with Crippen LogP contribution in [0.15, 0.2) is 78.9 Å². The van der Waals surface area contributed by atoms with Crippen LogP contribution in [0.4, 0.5) is 5.69 Å². The van der Waals surface area contributed by atoms with E-state index in [2.05, 4.69) is 10.6 Å². The number of hydrogen-bond donors (Lipinski definition) is 2. The lowest BCUT2D eigenvalue weighted by Crippen LogP contribution is -2.51. The molecule has 4 atom stereocenters. The number of ether oxygens (including phenoxy) is 3. The molecule has 0 aliphatic carbocycles. The molecule has 0 saturated carbocycles. The number of nitrogens with zero attached hydrogens (tertiary/aromatic N) is 1. The first-order valence-corrected chi connectivity index (χ1v) is 17.0. The molecule has 1 heterocycles. The first-order chi connectivity index (χ1) is 22.0. The van der Waals surface area contributed by atoms with Crippen molar-refractivity contribution in [2.24, 2.45) is 0 Å². The molecule has 3 aromatic rings. The molecule has 2 amide bonds. The van der Waals surface area contributed by atoms with E-state index in [0.29, 0.717) is 13.0 Å². The minimum Gasteiger partial charge on any atom is -0.467 e. The van der Waals surface area contributed by atoms with Crippen molar-refractivity contribution < 1.29 is 37.0 Å². The zero-order valence-electron chi connectivity index (χ0n) is 26.5. The second-order valence-electron chi connectivity index (χ2n) is 11.3. The molecule has 1 saturated heterocycles. The average molecular weight is 652 g/mol. The van der Waals surface area contributed by atoms with Crippen molar-refractivity contribution >= 4 is 33.5 Å². The highest BCUT2D eigenvalue weighted by Crippen LogP contribution is 2.24. The molecule has 1 fully saturated rings. The molecule has 46 heavy (non-hydrogen) atoms. The van der Waals surface area contributed by atoms with Crippen molar-refractivity contribution in [1.82, 2.24) is 10.6 Å². The minimum absolute atomic E-state index is 0.0149. The number of methoxy groups -OCH3 is 1. The van der Waals surface area contributed by atoms with E-state index in [1.54, 1.807) is 0 Å². The summed E-state index contributed by atoms with van der Waals surface area (Å²) in [5, 5.41) is 5.81. The van der Waals surface area contributed by atoms with E-state index in [0.717, 1.165) is 34.5 Å². The predicted octanol–water partition coefficient (Wildman–Crippen LogP) is 4.00. The second-order valence-corrected chi connectivity index (χ2v) is 13.3. The first-order valence-electron chi connectivity index (χ1n) is 15.1. The van der Waals surface area contributed by atoms with Crippen molar-refractivity contribution in [2.75, 3.05) is 31.3 Å². The lowest BCUT2D eigenvalue weighted by Gasteiger charge is -2.31. The van der Waals surface area contributed by atoms with Gasteiger partial charge in [-0.25, -0.2) is 13.2 Å². The maximum Gasteiger partial charge on any atom is 0.337 e. The molecule has 0 bridgehead atoms. The van der Waals surface area contributed by atoms with Crippen LogP contribution in [-0.4, -0.2) is 71.7 Å². The number of carbonyl (C=O) groups excluding carboxylic acids is 3. The van der Waals surface area contributed by atoms with E-state index < -0.39 is 46.2 Å². The Morgan fingerprint density at radius 1 is 0.935 bits per heavy atom. The Bertz CT molecular complexity index is 1600. The van der Waals surface area contributed by atoms with E-state index in [-0.39, 0.29) is 29.3 Å². The maximum atomic E-state index is 13.9. The number of hydrogen-bond acceptors (Lipinski definition) is 8. The van der Waals surface area contributed by atoms with Gasteiger partial charge < -0.3 is 24.8 Å². The molecule has 2 N–H and O–H groups in total. The monoisotopic (exact) mass is 651 g/mol. The predicted molar refractivity (Wildman–Crippen MR) is 174 cm³/mol. The summed E-state index contributed by atoms with van der Waals surface area (Å²) in [6.07, 6.45) is 1.70. The van der Waals surface area contributed by atoms with Crippen LogP contribution in [0.5, 0.6) is 0 Å². The van der Waals surface area contributed by atoms with Crippen molar-refractivity contribution in [3.05, 3.63) is 101 Å². The van der Waals surface area contributed by atoms with Gasteiger partial charge in [0.1, 0.15) is 0 Å². The molecule has 12 heteroatoms. The summed E-state index contributed by atoms with van der Waals surface area (Å²) in [6, 6.07) is 21.5. The van der Waals surface area contributed by atoms with Gasteiger partial charge in [0, 0.05) is 24.8 Å². The van der Waals surface area contributed by atoms with Gasteiger partial charge in [-0.1, -0.05) is 60.7 Å². The first kappa shape index (κ1) is 34.6. The quantitative estimate of drug-likeness (QED) is 0.265. The molecule has 4 rings (SSSR count). The lowest BCUT2D eigenvalue weighted by molar-refractivity contribution is -0.206. The molecular formula is C34H41N3O8S. The number of esters is 1. The summed E-state index contributed by atoms with van der Waals surface area (Å²) in [5.74, 6) is -1.83. The van der Waals surface area contributed by atoms with Crippen LogP contribution in [-0.2, 0) is 35.4 Å². The highest BCUT2D eigenvalue weighted by Gasteiger charge is 2.35. The Morgan fingerprint density at radius 2 is 1.54 bits per heavy atom. The summed E-state index contributed by atoms with van der Waals surface area (Å²) >= 11 is 0. The van der Waals surface area contributed by atoms with Crippen LogP contribution >= 0.6 is 0 Å². The van der Waals surface area contributed by atoms with Gasteiger partial charge in [0.25, 0.3) is 11.8 Å². The Hall–Kier alpha value is -4.26. The Kier molecular flexibility index (Phi) is 11.9. The Labute approximate surface area is 270 Å². The maximum absolute atomic E-state index is 13.9. The van der Waals surface area contributed by atoms with E-state index >= 15 is 0 Å². The Balaban J connectivity index is 1.68. The fourth-order valence-corrected chi connectivity index (χ4v) is 5.61.